The molecule has 0 aromatic carbocycles. The molecule has 0 aliphatic carbocycles. The summed E-state index contributed by atoms with van der Waals surface area (Å²) < 4.78 is 10.2. The molecule has 0 saturated carbocycles. The largest absolute Gasteiger partial charge is 0.463 e. The molecule has 1 fully saturated rings. The molecule has 0 radical (unpaired) electrons. The smallest absolute Gasteiger partial charge is 0.330 e. The van der Waals surface area contributed by atoms with E-state index in [2.05, 4.69) is 6.58 Å². The van der Waals surface area contributed by atoms with E-state index in [9.17, 15) is 4.79 Å². The van der Waals surface area contributed by atoms with Crippen molar-refractivity contribution < 1.29 is 14.3 Å². The number of hydrogen-bond acceptors (Lipinski definition) is 3. The number of carbonyl (C=O) groups excluding carboxylic acids is 1. The molecule has 3 nitrogen and oxygen atoms in total. The van der Waals surface area contributed by atoms with Crippen LogP contribution in [0.5, 0.6) is 0 Å². The minimum Gasteiger partial charge on any atom is -0.463 e. The standard InChI is InChI=1S/C21H38O3/c1-2-21(22)23-18-16-14-12-10-8-6-4-3-5-7-9-11-13-15-17-20-19-24-20/h2,20H,1,3-19H2. The summed E-state index contributed by atoms with van der Waals surface area (Å²) in [7, 11) is 0. The topological polar surface area (TPSA) is 38.8 Å². The summed E-state index contributed by atoms with van der Waals surface area (Å²) in [5, 5.41) is 0. The zero-order chi connectivity index (χ0) is 17.3. The van der Waals surface area contributed by atoms with E-state index in [0.29, 0.717) is 12.7 Å². The van der Waals surface area contributed by atoms with Crippen LogP contribution in [0.4, 0.5) is 0 Å². The number of carbonyl (C=O) groups is 1. The Hall–Kier alpha value is -0.830. The molecule has 0 aromatic heterocycles. The van der Waals surface area contributed by atoms with Gasteiger partial charge in [0.2, 0.25) is 0 Å². The fraction of sp³-hybridized carbons (Fsp3) is 0.857. The van der Waals surface area contributed by atoms with Gasteiger partial charge in [-0.15, -0.1) is 0 Å². The molecular formula is C21H38O3. The summed E-state index contributed by atoms with van der Waals surface area (Å²) in [6.45, 7) is 4.94. The van der Waals surface area contributed by atoms with Crippen molar-refractivity contribution in [2.75, 3.05) is 13.2 Å². The number of rotatable bonds is 18. The monoisotopic (exact) mass is 338 g/mol. The number of esters is 1. The fourth-order valence-electron chi connectivity index (χ4n) is 3.06. The number of unbranched alkanes of at least 4 members (excludes halogenated alkanes) is 13. The van der Waals surface area contributed by atoms with E-state index in [1.54, 1.807) is 0 Å². The molecule has 1 atom stereocenters. The number of epoxide rings is 1. The van der Waals surface area contributed by atoms with Crippen LogP contribution in [0.15, 0.2) is 12.7 Å². The van der Waals surface area contributed by atoms with E-state index in [0.717, 1.165) is 19.4 Å². The van der Waals surface area contributed by atoms with Gasteiger partial charge in [-0.05, 0) is 12.8 Å². The van der Waals surface area contributed by atoms with E-state index in [-0.39, 0.29) is 5.97 Å². The highest BCUT2D eigenvalue weighted by atomic mass is 16.6. The molecule has 1 unspecified atom stereocenters. The second kappa shape index (κ2) is 15.7. The van der Waals surface area contributed by atoms with Crippen LogP contribution in [-0.2, 0) is 14.3 Å². The van der Waals surface area contributed by atoms with Crippen LogP contribution in [0.25, 0.3) is 0 Å². The van der Waals surface area contributed by atoms with Gasteiger partial charge in [-0.2, -0.15) is 0 Å². The molecule has 1 rings (SSSR count). The van der Waals surface area contributed by atoms with Gasteiger partial charge in [-0.25, -0.2) is 4.79 Å². The lowest BCUT2D eigenvalue weighted by atomic mass is 10.0. The molecule has 0 N–H and O–H groups in total. The predicted octanol–water partition coefficient (Wildman–Crippen LogP) is 5.97. The van der Waals surface area contributed by atoms with Crippen LogP contribution < -0.4 is 0 Å². The van der Waals surface area contributed by atoms with Crippen LogP contribution in [0.1, 0.15) is 96.3 Å². The van der Waals surface area contributed by atoms with Gasteiger partial charge in [0.25, 0.3) is 0 Å². The SMILES string of the molecule is C=CC(=O)OCCCCCCCCCCCCCCCCC1CO1. The molecule has 0 amide bonds. The maximum absolute atomic E-state index is 10.8. The molecule has 0 bridgehead atoms. The van der Waals surface area contributed by atoms with Gasteiger partial charge in [-0.3, -0.25) is 0 Å². The van der Waals surface area contributed by atoms with Gasteiger partial charge >= 0.3 is 5.97 Å². The number of hydrogen-bond donors (Lipinski definition) is 0. The van der Waals surface area contributed by atoms with Crippen molar-refractivity contribution >= 4 is 5.97 Å². The lowest BCUT2D eigenvalue weighted by molar-refractivity contribution is -0.137. The van der Waals surface area contributed by atoms with Crippen molar-refractivity contribution in [3.63, 3.8) is 0 Å². The molecular weight excluding hydrogens is 300 g/mol. The quantitative estimate of drug-likeness (QED) is 0.134. The van der Waals surface area contributed by atoms with Crippen LogP contribution in [-0.4, -0.2) is 25.3 Å². The van der Waals surface area contributed by atoms with E-state index >= 15 is 0 Å². The summed E-state index contributed by atoms with van der Waals surface area (Å²) in [6, 6.07) is 0. The Balaban J connectivity index is 1.63. The summed E-state index contributed by atoms with van der Waals surface area (Å²) in [5.41, 5.74) is 0. The van der Waals surface area contributed by atoms with Crippen LogP contribution in [0.2, 0.25) is 0 Å². The first-order chi connectivity index (χ1) is 11.8. The minimum absolute atomic E-state index is 0.303. The Morgan fingerprint density at radius 2 is 1.25 bits per heavy atom. The lowest BCUT2D eigenvalue weighted by Crippen LogP contribution is -2.01. The van der Waals surface area contributed by atoms with Gasteiger partial charge in [0, 0.05) is 6.08 Å². The zero-order valence-corrected chi connectivity index (χ0v) is 15.6. The second-order valence-electron chi connectivity index (χ2n) is 7.07. The van der Waals surface area contributed by atoms with Crippen LogP contribution >= 0.6 is 0 Å². The van der Waals surface area contributed by atoms with Crippen LogP contribution in [0.3, 0.4) is 0 Å². The summed E-state index contributed by atoms with van der Waals surface area (Å²) in [5.74, 6) is -0.303. The van der Waals surface area contributed by atoms with Crippen molar-refractivity contribution in [2.24, 2.45) is 0 Å². The Morgan fingerprint density at radius 3 is 1.67 bits per heavy atom. The number of ether oxygens (including phenoxy) is 2. The van der Waals surface area contributed by atoms with Gasteiger partial charge in [-0.1, -0.05) is 90.0 Å². The molecule has 1 saturated heterocycles. The first-order valence-corrected chi connectivity index (χ1v) is 10.2. The maximum atomic E-state index is 10.8. The highest BCUT2D eigenvalue weighted by Gasteiger charge is 2.20. The fourth-order valence-corrected chi connectivity index (χ4v) is 3.06. The van der Waals surface area contributed by atoms with E-state index < -0.39 is 0 Å². The van der Waals surface area contributed by atoms with Gasteiger partial charge in [0.15, 0.2) is 0 Å². The maximum Gasteiger partial charge on any atom is 0.330 e. The molecule has 3 heteroatoms. The van der Waals surface area contributed by atoms with Crippen molar-refractivity contribution in [2.45, 2.75) is 102 Å². The highest BCUT2D eigenvalue weighted by molar-refractivity contribution is 5.81. The summed E-state index contributed by atoms with van der Waals surface area (Å²) in [4.78, 5) is 10.8. The van der Waals surface area contributed by atoms with Gasteiger partial charge in [0.1, 0.15) is 0 Å². The molecule has 0 aromatic rings. The predicted molar refractivity (Wildman–Crippen MR) is 100 cm³/mol. The second-order valence-corrected chi connectivity index (χ2v) is 7.07. The highest BCUT2D eigenvalue weighted by Crippen LogP contribution is 2.18. The third-order valence-corrected chi connectivity index (χ3v) is 4.73. The molecule has 1 heterocycles. The van der Waals surface area contributed by atoms with Crippen molar-refractivity contribution in [1.29, 1.82) is 0 Å². The van der Waals surface area contributed by atoms with E-state index in [1.807, 2.05) is 0 Å². The van der Waals surface area contributed by atoms with Gasteiger partial charge in [0.05, 0.1) is 19.3 Å². The average molecular weight is 339 g/mol. The van der Waals surface area contributed by atoms with Crippen molar-refractivity contribution in [3.8, 4) is 0 Å². The summed E-state index contributed by atoms with van der Waals surface area (Å²) in [6.07, 6.45) is 21.8. The molecule has 1 aliphatic rings. The van der Waals surface area contributed by atoms with E-state index in [1.165, 1.54) is 89.5 Å². The first kappa shape index (κ1) is 21.2. The Morgan fingerprint density at radius 1 is 0.833 bits per heavy atom. The third kappa shape index (κ3) is 14.7. The zero-order valence-electron chi connectivity index (χ0n) is 15.6. The molecule has 1 aliphatic heterocycles. The lowest BCUT2D eigenvalue weighted by Gasteiger charge is -2.04. The summed E-state index contributed by atoms with van der Waals surface area (Å²) >= 11 is 0. The van der Waals surface area contributed by atoms with Gasteiger partial charge < -0.3 is 9.47 Å². The van der Waals surface area contributed by atoms with E-state index in [4.69, 9.17) is 9.47 Å². The van der Waals surface area contributed by atoms with Crippen LogP contribution in [0, 0.1) is 0 Å². The average Bonchev–Trinajstić information content (AvgIpc) is 3.41. The Labute approximate surface area is 149 Å². The molecule has 140 valence electrons. The third-order valence-electron chi connectivity index (χ3n) is 4.73. The Kier molecular flexibility index (Phi) is 13.9. The first-order valence-electron chi connectivity index (χ1n) is 10.2. The van der Waals surface area contributed by atoms with Crippen molar-refractivity contribution in [3.05, 3.63) is 12.7 Å². The minimum atomic E-state index is -0.303. The molecule has 0 spiro atoms. The normalized spacial score (nSPS) is 16.1. The molecule has 24 heavy (non-hydrogen) atoms. The van der Waals surface area contributed by atoms with Crippen molar-refractivity contribution in [1.82, 2.24) is 0 Å². The Bertz CT molecular complexity index is 310.